The summed E-state index contributed by atoms with van der Waals surface area (Å²) in [6.07, 6.45) is -0.710. The van der Waals surface area contributed by atoms with Gasteiger partial charge in [-0.1, -0.05) is 12.1 Å². The normalized spacial score (nSPS) is 17.7. The second-order valence-corrected chi connectivity index (χ2v) is 7.92. The maximum Gasteiger partial charge on any atom is 0.267 e. The molecule has 2 heterocycles. The minimum Gasteiger partial charge on any atom is -0.485 e. The van der Waals surface area contributed by atoms with Crippen LogP contribution in [-0.2, 0) is 14.4 Å². The Morgan fingerprint density at radius 2 is 1.68 bits per heavy atom. The Bertz CT molecular complexity index is 1080. The van der Waals surface area contributed by atoms with Gasteiger partial charge in [0.1, 0.15) is 6.61 Å². The smallest absolute Gasteiger partial charge is 0.267 e. The Balaban J connectivity index is 1.17. The number of benzene rings is 2. The molecule has 0 radical (unpaired) electrons. The third-order valence-electron chi connectivity index (χ3n) is 5.48. The van der Waals surface area contributed by atoms with E-state index in [9.17, 15) is 23.2 Å². The summed E-state index contributed by atoms with van der Waals surface area (Å²) in [5.74, 6) is -2.03. The summed E-state index contributed by atoms with van der Waals surface area (Å²) in [7, 11) is 0. The summed E-state index contributed by atoms with van der Waals surface area (Å²) in [6, 6.07) is 10.2. The third kappa shape index (κ3) is 5.79. The van der Waals surface area contributed by atoms with Gasteiger partial charge in [-0.2, -0.15) is 0 Å². The van der Waals surface area contributed by atoms with Gasteiger partial charge in [0.05, 0.1) is 13.1 Å². The number of para-hydroxylation sites is 2. The molecule has 2 aromatic carbocycles. The minimum atomic E-state index is -1.08. The van der Waals surface area contributed by atoms with E-state index in [1.165, 1.54) is 6.07 Å². The number of rotatable bonds is 6. The van der Waals surface area contributed by atoms with Crippen molar-refractivity contribution in [1.29, 1.82) is 0 Å². The van der Waals surface area contributed by atoms with Crippen LogP contribution in [0.25, 0.3) is 0 Å². The van der Waals surface area contributed by atoms with Crippen LogP contribution in [0, 0.1) is 11.6 Å². The second-order valence-electron chi connectivity index (χ2n) is 7.92. The van der Waals surface area contributed by atoms with Crippen LogP contribution in [0.2, 0.25) is 0 Å². The monoisotopic (exact) mass is 474 g/mol. The van der Waals surface area contributed by atoms with Crippen LogP contribution >= 0.6 is 0 Å². The molecule has 1 fully saturated rings. The standard InChI is InChI=1S/C23H24F2N4O5/c24-16-6-5-15(11-17(16)25)27-21(30)12-26-22(31)13-28-7-9-29(10-8-28)23(32)20-14-33-18-3-1-2-4-19(18)34-20/h1-6,11,20H,7-10,12-14H2,(H,26,31)(H,27,30)/t20-/m1/s1. The second kappa shape index (κ2) is 10.5. The lowest BCUT2D eigenvalue weighted by Gasteiger charge is -2.36. The van der Waals surface area contributed by atoms with E-state index in [1.54, 1.807) is 17.0 Å². The molecule has 34 heavy (non-hydrogen) atoms. The molecule has 9 nitrogen and oxygen atoms in total. The summed E-state index contributed by atoms with van der Waals surface area (Å²) in [5, 5.41) is 4.88. The van der Waals surface area contributed by atoms with Gasteiger partial charge in [0.25, 0.3) is 5.91 Å². The molecule has 0 bridgehead atoms. The number of hydrogen-bond donors (Lipinski definition) is 2. The molecule has 180 valence electrons. The molecular weight excluding hydrogens is 450 g/mol. The van der Waals surface area contributed by atoms with E-state index in [4.69, 9.17) is 9.47 Å². The van der Waals surface area contributed by atoms with Crippen LogP contribution in [0.4, 0.5) is 14.5 Å². The number of amides is 3. The van der Waals surface area contributed by atoms with Crippen LogP contribution in [-0.4, -0.2) is 79.5 Å². The van der Waals surface area contributed by atoms with Crippen molar-refractivity contribution >= 4 is 23.4 Å². The summed E-state index contributed by atoms with van der Waals surface area (Å²) in [4.78, 5) is 40.5. The average molecular weight is 474 g/mol. The number of anilines is 1. The zero-order valence-electron chi connectivity index (χ0n) is 18.3. The number of ether oxygens (including phenoxy) is 2. The van der Waals surface area contributed by atoms with E-state index < -0.39 is 23.6 Å². The van der Waals surface area contributed by atoms with E-state index in [1.807, 2.05) is 17.0 Å². The van der Waals surface area contributed by atoms with Gasteiger partial charge in [-0.05, 0) is 24.3 Å². The molecule has 0 aliphatic carbocycles. The predicted octanol–water partition coefficient (Wildman–Crippen LogP) is 1.00. The number of hydrogen-bond acceptors (Lipinski definition) is 6. The van der Waals surface area contributed by atoms with Gasteiger partial charge in [-0.3, -0.25) is 19.3 Å². The Morgan fingerprint density at radius 3 is 2.41 bits per heavy atom. The number of carbonyl (C=O) groups excluding carboxylic acids is 3. The van der Waals surface area contributed by atoms with Crippen LogP contribution < -0.4 is 20.1 Å². The first-order valence-electron chi connectivity index (χ1n) is 10.8. The van der Waals surface area contributed by atoms with Crippen molar-refractivity contribution in [3.63, 3.8) is 0 Å². The number of carbonyl (C=O) groups is 3. The van der Waals surface area contributed by atoms with E-state index in [0.29, 0.717) is 37.7 Å². The number of fused-ring (bicyclic) bond motifs is 1. The summed E-state index contributed by atoms with van der Waals surface area (Å²) < 4.78 is 37.5. The highest BCUT2D eigenvalue weighted by Crippen LogP contribution is 2.31. The first-order valence-corrected chi connectivity index (χ1v) is 10.8. The van der Waals surface area contributed by atoms with Crippen LogP contribution in [0.3, 0.4) is 0 Å². The molecule has 1 atom stereocenters. The number of nitrogens with one attached hydrogen (secondary N) is 2. The van der Waals surface area contributed by atoms with Gasteiger partial charge in [-0.15, -0.1) is 0 Å². The molecule has 1 saturated heterocycles. The number of nitrogens with zero attached hydrogens (tertiary/aromatic N) is 2. The number of piperazine rings is 1. The van der Waals surface area contributed by atoms with Crippen LogP contribution in [0.1, 0.15) is 0 Å². The van der Waals surface area contributed by atoms with Crippen LogP contribution in [0.15, 0.2) is 42.5 Å². The van der Waals surface area contributed by atoms with Crippen molar-refractivity contribution in [2.24, 2.45) is 0 Å². The summed E-state index contributed by atoms with van der Waals surface area (Å²) in [5.41, 5.74) is 0.0924. The van der Waals surface area contributed by atoms with E-state index in [0.717, 1.165) is 12.1 Å². The molecule has 0 unspecified atom stereocenters. The van der Waals surface area contributed by atoms with Crippen molar-refractivity contribution in [3.8, 4) is 11.5 Å². The molecule has 2 N–H and O–H groups in total. The molecule has 11 heteroatoms. The molecule has 4 rings (SSSR count). The first kappa shape index (κ1) is 23.4. The van der Waals surface area contributed by atoms with Crippen LogP contribution in [0.5, 0.6) is 11.5 Å². The lowest BCUT2D eigenvalue weighted by atomic mass is 10.2. The quantitative estimate of drug-likeness (QED) is 0.648. The zero-order valence-corrected chi connectivity index (χ0v) is 18.3. The maximum atomic E-state index is 13.2. The van der Waals surface area contributed by atoms with E-state index >= 15 is 0 Å². The predicted molar refractivity (Wildman–Crippen MR) is 117 cm³/mol. The minimum absolute atomic E-state index is 0.0664. The van der Waals surface area contributed by atoms with Crippen molar-refractivity contribution in [2.75, 3.05) is 51.2 Å². The summed E-state index contributed by atoms with van der Waals surface area (Å²) >= 11 is 0. The van der Waals surface area contributed by atoms with Crippen molar-refractivity contribution < 1.29 is 32.6 Å². The Labute approximate surface area is 194 Å². The molecule has 3 amide bonds. The van der Waals surface area contributed by atoms with Gasteiger partial charge in [0.2, 0.25) is 17.9 Å². The van der Waals surface area contributed by atoms with Crippen molar-refractivity contribution in [2.45, 2.75) is 6.10 Å². The highest BCUT2D eigenvalue weighted by Gasteiger charge is 2.32. The fourth-order valence-corrected chi connectivity index (χ4v) is 3.69. The largest absolute Gasteiger partial charge is 0.485 e. The molecule has 2 aliphatic heterocycles. The third-order valence-corrected chi connectivity index (χ3v) is 5.48. The molecular formula is C23H24F2N4O5. The highest BCUT2D eigenvalue weighted by atomic mass is 19.2. The fourth-order valence-electron chi connectivity index (χ4n) is 3.69. The molecule has 0 aromatic heterocycles. The molecule has 0 spiro atoms. The Kier molecular flexibility index (Phi) is 7.21. The zero-order chi connectivity index (χ0) is 24.1. The first-order chi connectivity index (χ1) is 16.4. The number of halogens is 2. The average Bonchev–Trinajstić information content (AvgIpc) is 2.85. The van der Waals surface area contributed by atoms with Gasteiger partial charge in [-0.25, -0.2) is 8.78 Å². The highest BCUT2D eigenvalue weighted by molar-refractivity contribution is 5.94. The fraction of sp³-hybridized carbons (Fsp3) is 0.348. The van der Waals surface area contributed by atoms with Gasteiger partial charge in [0.15, 0.2) is 23.1 Å². The molecule has 2 aliphatic rings. The Morgan fingerprint density at radius 1 is 0.941 bits per heavy atom. The van der Waals surface area contributed by atoms with E-state index in [-0.39, 0.29) is 37.2 Å². The van der Waals surface area contributed by atoms with Gasteiger partial charge >= 0.3 is 0 Å². The molecule has 2 aromatic rings. The maximum absolute atomic E-state index is 13.2. The van der Waals surface area contributed by atoms with Crippen molar-refractivity contribution in [3.05, 3.63) is 54.1 Å². The molecule has 0 saturated carbocycles. The SMILES string of the molecule is O=C(CN1CCN(C(=O)[C@H]2COc3ccccc3O2)CC1)NCC(=O)Nc1ccc(F)c(F)c1. The van der Waals surface area contributed by atoms with Gasteiger partial charge < -0.3 is 25.0 Å². The lowest BCUT2D eigenvalue weighted by molar-refractivity contribution is -0.143. The van der Waals surface area contributed by atoms with Gasteiger partial charge in [0, 0.05) is 37.9 Å². The summed E-state index contributed by atoms with van der Waals surface area (Å²) in [6.45, 7) is 1.75. The van der Waals surface area contributed by atoms with E-state index in [2.05, 4.69) is 10.6 Å². The lowest BCUT2D eigenvalue weighted by Crippen LogP contribution is -2.55. The Hall–Kier alpha value is -3.73. The topological polar surface area (TPSA) is 100 Å². The van der Waals surface area contributed by atoms with Crippen molar-refractivity contribution in [1.82, 2.24) is 15.1 Å².